The summed E-state index contributed by atoms with van der Waals surface area (Å²) in [5.74, 6) is 1.55. The van der Waals surface area contributed by atoms with Gasteiger partial charge in [-0.2, -0.15) is 4.98 Å². The molecule has 5 aliphatic carbocycles. The highest BCUT2D eigenvalue weighted by molar-refractivity contribution is 5.98. The first-order valence-corrected chi connectivity index (χ1v) is 13.0. The van der Waals surface area contributed by atoms with E-state index in [4.69, 9.17) is 4.52 Å². The third-order valence-electron chi connectivity index (χ3n) is 9.08. The molecule has 184 valence electrons. The molecule has 9 heteroatoms. The molecule has 4 N–H and O–H groups in total. The predicted molar refractivity (Wildman–Crippen MR) is 128 cm³/mol. The monoisotopic (exact) mass is 477 g/mol. The molecular weight excluding hydrogens is 446 g/mol. The minimum atomic E-state index is -0.489. The van der Waals surface area contributed by atoms with Crippen molar-refractivity contribution in [2.75, 3.05) is 5.32 Å². The summed E-state index contributed by atoms with van der Waals surface area (Å²) in [5, 5.41) is 29.7. The van der Waals surface area contributed by atoms with Crippen LogP contribution in [0.4, 0.5) is 5.69 Å². The van der Waals surface area contributed by atoms with E-state index >= 15 is 0 Å². The van der Waals surface area contributed by atoms with E-state index in [-0.39, 0.29) is 29.7 Å². The van der Waals surface area contributed by atoms with Gasteiger partial charge in [-0.1, -0.05) is 5.16 Å². The molecule has 4 bridgehead atoms. The number of carbonyl (C=O) groups excluding carboxylic acids is 1. The van der Waals surface area contributed by atoms with Gasteiger partial charge in [-0.25, -0.2) is 4.98 Å². The number of anilines is 1. The van der Waals surface area contributed by atoms with Crippen LogP contribution in [0.5, 0.6) is 0 Å². The van der Waals surface area contributed by atoms with E-state index in [9.17, 15) is 15.0 Å². The van der Waals surface area contributed by atoms with E-state index in [2.05, 4.69) is 25.4 Å². The topological polar surface area (TPSA) is 137 Å². The number of aliphatic hydroxyl groups excluding tert-OH is 1. The highest BCUT2D eigenvalue weighted by atomic mass is 16.5. The summed E-state index contributed by atoms with van der Waals surface area (Å²) in [6.45, 7) is 0. The van der Waals surface area contributed by atoms with Crippen molar-refractivity contribution in [2.24, 2.45) is 23.7 Å². The highest BCUT2D eigenvalue weighted by Gasteiger charge is 2.54. The van der Waals surface area contributed by atoms with Crippen LogP contribution in [0, 0.1) is 23.7 Å². The first-order valence-electron chi connectivity index (χ1n) is 13.0. The lowest BCUT2D eigenvalue weighted by Gasteiger charge is -2.58. The second-order valence-electron chi connectivity index (χ2n) is 11.4. The number of ketones is 1. The number of hydrogen-bond acceptors (Lipinski definition) is 8. The molecule has 5 saturated carbocycles. The van der Waals surface area contributed by atoms with E-state index in [1.165, 1.54) is 0 Å². The maximum absolute atomic E-state index is 13.0. The van der Waals surface area contributed by atoms with Gasteiger partial charge in [-0.05, 0) is 81.6 Å². The van der Waals surface area contributed by atoms with Gasteiger partial charge in [0.15, 0.2) is 0 Å². The molecule has 8 rings (SSSR count). The van der Waals surface area contributed by atoms with E-state index in [1.807, 2.05) is 12.3 Å². The second-order valence-corrected chi connectivity index (χ2v) is 11.4. The lowest BCUT2D eigenvalue weighted by atomic mass is 9.52. The molecule has 0 aromatic carbocycles. The molecule has 5 atom stereocenters. The van der Waals surface area contributed by atoms with Gasteiger partial charge in [0.25, 0.3) is 5.89 Å². The third kappa shape index (κ3) is 3.59. The van der Waals surface area contributed by atoms with Crippen LogP contribution in [0.3, 0.4) is 0 Å². The Bertz CT molecular complexity index is 1260. The minimum Gasteiger partial charge on any atom is -0.393 e. The Kier molecular flexibility index (Phi) is 4.83. The molecule has 0 saturated heterocycles. The fraction of sp³-hybridized carbons (Fsp3) is 0.615. The minimum absolute atomic E-state index is 0.0263. The normalized spacial score (nSPS) is 36.1. The third-order valence-corrected chi connectivity index (χ3v) is 9.08. The van der Waals surface area contributed by atoms with Crippen molar-refractivity contribution in [1.82, 2.24) is 20.1 Å². The second kappa shape index (κ2) is 7.86. The zero-order valence-electron chi connectivity index (χ0n) is 19.6. The lowest BCUT2D eigenvalue weighted by Crippen LogP contribution is -2.59. The Morgan fingerprint density at radius 3 is 2.66 bits per heavy atom. The Labute approximate surface area is 202 Å². The number of H-pyrrole nitrogens is 1. The van der Waals surface area contributed by atoms with Crippen molar-refractivity contribution in [3.05, 3.63) is 24.4 Å². The highest BCUT2D eigenvalue weighted by Crippen LogP contribution is 2.56. The number of hydrogen-bond donors (Lipinski definition) is 4. The number of Topliss-reactive ketones (excluding diaryl/α,β-unsaturated/α-hetero) is 1. The molecule has 3 heterocycles. The average Bonchev–Trinajstić information content (AvgIpc) is 3.50. The predicted octanol–water partition coefficient (Wildman–Crippen LogP) is 3.70. The van der Waals surface area contributed by atoms with Gasteiger partial charge in [0.2, 0.25) is 11.6 Å². The summed E-state index contributed by atoms with van der Waals surface area (Å²) in [5.41, 5.74) is 1.91. The number of aromatic nitrogens is 4. The first-order chi connectivity index (χ1) is 17.0. The van der Waals surface area contributed by atoms with Gasteiger partial charge in [0.1, 0.15) is 5.65 Å². The Morgan fingerprint density at radius 1 is 1.14 bits per heavy atom. The average molecular weight is 478 g/mol. The molecular formula is C26H31N5O4. The van der Waals surface area contributed by atoms with Crippen LogP contribution in [0.1, 0.15) is 68.5 Å². The molecule has 0 aliphatic heterocycles. The molecule has 5 fully saturated rings. The van der Waals surface area contributed by atoms with Gasteiger partial charge in [0, 0.05) is 29.7 Å². The molecule has 3 aromatic heterocycles. The largest absolute Gasteiger partial charge is 0.393 e. The quantitative estimate of drug-likeness (QED) is 0.408. The van der Waals surface area contributed by atoms with Crippen LogP contribution in [-0.4, -0.2) is 53.9 Å². The van der Waals surface area contributed by atoms with E-state index in [0.29, 0.717) is 54.8 Å². The fourth-order valence-corrected chi connectivity index (χ4v) is 7.66. The molecule has 35 heavy (non-hydrogen) atoms. The zero-order valence-corrected chi connectivity index (χ0v) is 19.6. The van der Waals surface area contributed by atoms with Crippen LogP contribution >= 0.6 is 0 Å². The van der Waals surface area contributed by atoms with Crippen molar-refractivity contribution in [2.45, 2.75) is 75.5 Å². The van der Waals surface area contributed by atoms with Gasteiger partial charge in [-0.3, -0.25) is 4.79 Å². The maximum Gasteiger partial charge on any atom is 0.294 e. The Balaban J connectivity index is 1.21. The van der Waals surface area contributed by atoms with Crippen LogP contribution in [0.15, 0.2) is 23.0 Å². The smallest absolute Gasteiger partial charge is 0.294 e. The summed E-state index contributed by atoms with van der Waals surface area (Å²) in [6, 6.07) is 2.27. The summed E-state index contributed by atoms with van der Waals surface area (Å²) in [7, 11) is 0. The molecule has 5 aliphatic rings. The molecule has 3 aromatic rings. The van der Waals surface area contributed by atoms with E-state index in [1.54, 1.807) is 6.20 Å². The van der Waals surface area contributed by atoms with Crippen LogP contribution in [0.25, 0.3) is 22.4 Å². The Morgan fingerprint density at radius 2 is 1.91 bits per heavy atom. The van der Waals surface area contributed by atoms with Crippen molar-refractivity contribution >= 4 is 22.5 Å². The summed E-state index contributed by atoms with van der Waals surface area (Å²) in [4.78, 5) is 25.2. The number of nitrogens with zero attached hydrogens (tertiary/aromatic N) is 3. The number of aliphatic hydroxyl groups is 2. The van der Waals surface area contributed by atoms with Gasteiger partial charge in [0.05, 0.1) is 23.0 Å². The van der Waals surface area contributed by atoms with E-state index < -0.39 is 5.60 Å². The van der Waals surface area contributed by atoms with Gasteiger partial charge < -0.3 is 25.0 Å². The lowest BCUT2D eigenvalue weighted by molar-refractivity contribution is -0.129. The zero-order chi connectivity index (χ0) is 23.7. The molecule has 0 spiro atoms. The van der Waals surface area contributed by atoms with Gasteiger partial charge >= 0.3 is 0 Å². The van der Waals surface area contributed by atoms with Crippen molar-refractivity contribution in [3.63, 3.8) is 0 Å². The summed E-state index contributed by atoms with van der Waals surface area (Å²) < 4.78 is 5.44. The van der Waals surface area contributed by atoms with Crippen LogP contribution in [0.2, 0.25) is 0 Å². The van der Waals surface area contributed by atoms with Gasteiger partial charge in [-0.15, -0.1) is 0 Å². The summed E-state index contributed by atoms with van der Waals surface area (Å²) in [6.07, 6.45) is 10.8. The fourth-order valence-electron chi connectivity index (χ4n) is 7.66. The molecule has 3 unspecified atom stereocenters. The number of carbonyl (C=O) groups is 1. The number of nitrogens with one attached hydrogen (secondary N) is 2. The van der Waals surface area contributed by atoms with Crippen molar-refractivity contribution in [1.29, 1.82) is 0 Å². The SMILES string of the molecule is O=C(c1nc(-c2cnc3[nH]ccc3c2NC2[C@@H]3CC4C[C@H]2CC(O)(C4)C3)no1)C1CCC(O)CC1. The molecule has 0 amide bonds. The maximum atomic E-state index is 13.0. The van der Waals surface area contributed by atoms with Crippen molar-refractivity contribution < 1.29 is 19.5 Å². The molecule has 0 radical (unpaired) electrons. The first kappa shape index (κ1) is 21.5. The molecule has 9 nitrogen and oxygen atoms in total. The van der Waals surface area contributed by atoms with Crippen LogP contribution in [-0.2, 0) is 0 Å². The van der Waals surface area contributed by atoms with Crippen LogP contribution < -0.4 is 5.32 Å². The van der Waals surface area contributed by atoms with E-state index in [0.717, 1.165) is 48.8 Å². The standard InChI is InChI=1S/C26H31N5O4/c32-17-3-1-14(2-4-17)22(33)25-30-24(31-35-25)19-12-28-23-18(5-6-27-23)21(19)29-20-15-7-13-8-16(20)11-26(34,9-13)10-15/h5-6,12-17,20,32,34H,1-4,7-11H2,(H2,27,28,29)/t13?,14?,15-,16+,17?,20?,26?. The number of rotatable bonds is 5. The summed E-state index contributed by atoms with van der Waals surface area (Å²) >= 11 is 0. The number of pyridine rings is 1. The number of fused-ring (bicyclic) bond motifs is 1. The van der Waals surface area contributed by atoms with Crippen molar-refractivity contribution in [3.8, 4) is 11.4 Å². The number of aromatic amines is 1. The Hall–Kier alpha value is -2.78.